The monoisotopic (exact) mass is 528 g/mol. The van der Waals surface area contributed by atoms with Crippen LogP contribution in [0.5, 0.6) is 0 Å². The molecule has 0 spiro atoms. The highest BCUT2D eigenvalue weighted by Crippen LogP contribution is 2.62. The standard InChI is InChI=1S/C34H40O5/c1-33(24-39-32(36)27-12-7-4-8-13-27)19-9-20-34(2)29(16-14-25-18-21-37-22-25)28(15-17-30(33)34)23-38-31(35)26-10-5-3-6-11-26/h3-8,10-13,18,21-22,28-30H,9,14-17,19-20,23-24H2,1-2H3/t28-,29+,30+,33+,34+/m0/s1. The minimum Gasteiger partial charge on any atom is -0.472 e. The zero-order valence-electron chi connectivity index (χ0n) is 23.1. The first-order chi connectivity index (χ1) is 18.9. The van der Waals surface area contributed by atoms with Gasteiger partial charge in [0.25, 0.3) is 0 Å². The van der Waals surface area contributed by atoms with Gasteiger partial charge in [0.15, 0.2) is 0 Å². The molecular weight excluding hydrogens is 488 g/mol. The van der Waals surface area contributed by atoms with Crippen molar-refractivity contribution >= 4 is 11.9 Å². The zero-order chi connectivity index (χ0) is 27.3. The topological polar surface area (TPSA) is 65.7 Å². The minimum atomic E-state index is -0.252. The van der Waals surface area contributed by atoms with Crippen LogP contribution in [0.2, 0.25) is 0 Å². The Morgan fingerprint density at radius 1 is 0.872 bits per heavy atom. The molecule has 0 amide bonds. The maximum atomic E-state index is 12.8. The van der Waals surface area contributed by atoms with Crippen molar-refractivity contribution in [3.63, 3.8) is 0 Å². The highest BCUT2D eigenvalue weighted by Gasteiger charge is 2.56. The zero-order valence-corrected chi connectivity index (χ0v) is 23.1. The summed E-state index contributed by atoms with van der Waals surface area (Å²) in [4.78, 5) is 25.6. The van der Waals surface area contributed by atoms with Crippen molar-refractivity contribution in [2.45, 2.75) is 58.8 Å². The van der Waals surface area contributed by atoms with Gasteiger partial charge in [-0.2, -0.15) is 0 Å². The fourth-order valence-electron chi connectivity index (χ4n) is 7.68. The Labute approximate surface area is 231 Å². The molecule has 39 heavy (non-hydrogen) atoms. The average Bonchev–Trinajstić information content (AvgIpc) is 3.48. The quantitative estimate of drug-likeness (QED) is 0.266. The van der Waals surface area contributed by atoms with Gasteiger partial charge in [0, 0.05) is 5.41 Å². The van der Waals surface area contributed by atoms with E-state index in [1.54, 1.807) is 18.4 Å². The van der Waals surface area contributed by atoms with Crippen LogP contribution in [0.3, 0.4) is 0 Å². The molecule has 0 aliphatic heterocycles. The number of hydrogen-bond acceptors (Lipinski definition) is 5. The van der Waals surface area contributed by atoms with Crippen LogP contribution in [0.1, 0.15) is 78.7 Å². The fourth-order valence-corrected chi connectivity index (χ4v) is 7.68. The second kappa shape index (κ2) is 11.8. The van der Waals surface area contributed by atoms with Crippen molar-refractivity contribution in [2.24, 2.45) is 28.6 Å². The third-order valence-corrected chi connectivity index (χ3v) is 9.65. The van der Waals surface area contributed by atoms with E-state index in [0.29, 0.717) is 42.1 Å². The van der Waals surface area contributed by atoms with Crippen LogP contribution in [-0.2, 0) is 15.9 Å². The Balaban J connectivity index is 1.33. The van der Waals surface area contributed by atoms with E-state index in [1.807, 2.05) is 60.9 Å². The molecule has 206 valence electrons. The number of carbonyl (C=O) groups excluding carboxylic acids is 2. The molecule has 0 radical (unpaired) electrons. The van der Waals surface area contributed by atoms with E-state index < -0.39 is 0 Å². The van der Waals surface area contributed by atoms with Crippen molar-refractivity contribution in [3.05, 3.63) is 95.9 Å². The maximum absolute atomic E-state index is 12.8. The lowest BCUT2D eigenvalue weighted by Gasteiger charge is -2.60. The van der Waals surface area contributed by atoms with Crippen LogP contribution in [-0.4, -0.2) is 25.2 Å². The molecule has 5 nitrogen and oxygen atoms in total. The molecule has 1 heterocycles. The van der Waals surface area contributed by atoms with Gasteiger partial charge in [-0.05, 0) is 97.6 Å². The lowest BCUT2D eigenvalue weighted by Crippen LogP contribution is -2.54. The summed E-state index contributed by atoms with van der Waals surface area (Å²) in [6, 6.07) is 20.5. The summed E-state index contributed by atoms with van der Waals surface area (Å²) in [6.07, 6.45) is 10.9. The van der Waals surface area contributed by atoms with Crippen molar-refractivity contribution in [1.29, 1.82) is 0 Å². The van der Waals surface area contributed by atoms with Crippen LogP contribution >= 0.6 is 0 Å². The highest BCUT2D eigenvalue weighted by molar-refractivity contribution is 5.89. The van der Waals surface area contributed by atoms with E-state index in [1.165, 1.54) is 5.56 Å². The van der Waals surface area contributed by atoms with Gasteiger partial charge >= 0.3 is 11.9 Å². The van der Waals surface area contributed by atoms with Gasteiger partial charge in [-0.15, -0.1) is 0 Å². The molecule has 5 atom stereocenters. The molecule has 2 saturated carbocycles. The Morgan fingerprint density at radius 2 is 1.54 bits per heavy atom. The lowest BCUT2D eigenvalue weighted by atomic mass is 9.45. The van der Waals surface area contributed by atoms with E-state index in [0.717, 1.165) is 44.9 Å². The predicted molar refractivity (Wildman–Crippen MR) is 150 cm³/mol. The Morgan fingerprint density at radius 3 is 2.18 bits per heavy atom. The lowest BCUT2D eigenvalue weighted by molar-refractivity contribution is -0.130. The van der Waals surface area contributed by atoms with E-state index in [2.05, 4.69) is 13.8 Å². The minimum absolute atomic E-state index is 0.0674. The fraction of sp³-hybridized carbons (Fsp3) is 0.471. The molecule has 2 aromatic carbocycles. The molecule has 3 aromatic rings. The van der Waals surface area contributed by atoms with E-state index in [-0.39, 0.29) is 22.8 Å². The van der Waals surface area contributed by atoms with Crippen LogP contribution < -0.4 is 0 Å². The summed E-state index contributed by atoms with van der Waals surface area (Å²) < 4.78 is 17.2. The van der Waals surface area contributed by atoms with Crippen LogP contribution in [0, 0.1) is 28.6 Å². The van der Waals surface area contributed by atoms with E-state index in [9.17, 15) is 9.59 Å². The molecule has 0 bridgehead atoms. The Kier molecular flexibility index (Phi) is 8.25. The van der Waals surface area contributed by atoms with Gasteiger partial charge in [-0.25, -0.2) is 9.59 Å². The third kappa shape index (κ3) is 5.98. The second-order valence-corrected chi connectivity index (χ2v) is 12.1. The number of ether oxygens (including phenoxy) is 2. The van der Waals surface area contributed by atoms with Crippen molar-refractivity contribution in [1.82, 2.24) is 0 Å². The molecule has 1 aromatic heterocycles. The molecule has 0 unspecified atom stereocenters. The summed E-state index contributed by atoms with van der Waals surface area (Å²) in [6.45, 7) is 5.63. The number of hydrogen-bond donors (Lipinski definition) is 0. The van der Waals surface area contributed by atoms with E-state index >= 15 is 0 Å². The normalized spacial score (nSPS) is 28.3. The molecule has 2 aliphatic rings. The summed E-state index contributed by atoms with van der Waals surface area (Å²) in [7, 11) is 0. The summed E-state index contributed by atoms with van der Waals surface area (Å²) in [5.41, 5.74) is 2.38. The molecule has 5 rings (SSSR count). The van der Waals surface area contributed by atoms with Gasteiger partial charge in [0.1, 0.15) is 0 Å². The SMILES string of the molecule is C[C@]1(COC(=O)c2ccccc2)CCC[C@]2(C)[C@H](CCc3ccoc3)[C@H](COC(=O)c3ccccc3)CC[C@H]12. The Bertz CT molecular complexity index is 1220. The second-order valence-electron chi connectivity index (χ2n) is 12.1. The van der Waals surface area contributed by atoms with Crippen molar-refractivity contribution < 1.29 is 23.5 Å². The molecule has 0 saturated heterocycles. The number of benzene rings is 2. The summed E-state index contributed by atoms with van der Waals surface area (Å²) in [5, 5.41) is 0. The van der Waals surface area contributed by atoms with Gasteiger partial charge < -0.3 is 13.9 Å². The molecule has 2 fully saturated rings. The van der Waals surface area contributed by atoms with E-state index in [4.69, 9.17) is 13.9 Å². The van der Waals surface area contributed by atoms with Gasteiger partial charge in [0.2, 0.25) is 0 Å². The smallest absolute Gasteiger partial charge is 0.338 e. The molecular formula is C34H40O5. The van der Waals surface area contributed by atoms with Crippen LogP contribution in [0.4, 0.5) is 0 Å². The highest BCUT2D eigenvalue weighted by atomic mass is 16.5. The Hall–Kier alpha value is -3.34. The summed E-state index contributed by atoms with van der Waals surface area (Å²) >= 11 is 0. The van der Waals surface area contributed by atoms with Crippen molar-refractivity contribution in [3.8, 4) is 0 Å². The predicted octanol–water partition coefficient (Wildman–Crippen LogP) is 7.77. The first-order valence-corrected chi connectivity index (χ1v) is 14.3. The first kappa shape index (κ1) is 27.2. The van der Waals surface area contributed by atoms with Crippen LogP contribution in [0.25, 0.3) is 0 Å². The number of carbonyl (C=O) groups is 2. The molecule has 5 heteroatoms. The first-order valence-electron chi connectivity index (χ1n) is 14.3. The van der Waals surface area contributed by atoms with Gasteiger partial charge in [-0.1, -0.05) is 56.7 Å². The largest absolute Gasteiger partial charge is 0.472 e. The van der Waals surface area contributed by atoms with Gasteiger partial charge in [-0.3, -0.25) is 0 Å². The maximum Gasteiger partial charge on any atom is 0.338 e. The number of aryl methyl sites for hydroxylation is 1. The average molecular weight is 529 g/mol. The number of esters is 2. The van der Waals surface area contributed by atoms with Crippen molar-refractivity contribution in [2.75, 3.05) is 13.2 Å². The number of rotatable bonds is 9. The van der Waals surface area contributed by atoms with Gasteiger partial charge in [0.05, 0.1) is 36.9 Å². The van der Waals surface area contributed by atoms with Crippen LogP contribution in [0.15, 0.2) is 83.7 Å². The number of furan rings is 1. The molecule has 0 N–H and O–H groups in total. The third-order valence-electron chi connectivity index (χ3n) is 9.65. The number of fused-ring (bicyclic) bond motifs is 1. The molecule has 2 aliphatic carbocycles. The summed E-state index contributed by atoms with van der Waals surface area (Å²) in [5.74, 6) is 0.608.